The van der Waals surface area contributed by atoms with Crippen molar-refractivity contribution in [2.24, 2.45) is 7.05 Å². The maximum atomic E-state index is 13.4. The van der Waals surface area contributed by atoms with Gasteiger partial charge in [0.2, 0.25) is 0 Å². The van der Waals surface area contributed by atoms with E-state index in [9.17, 15) is 13.6 Å². The summed E-state index contributed by atoms with van der Waals surface area (Å²) in [5.74, 6) is -1.03. The van der Waals surface area contributed by atoms with Gasteiger partial charge in [-0.25, -0.2) is 13.5 Å². The van der Waals surface area contributed by atoms with Gasteiger partial charge in [-0.3, -0.25) is 4.79 Å². The molecule has 0 fully saturated rings. The van der Waals surface area contributed by atoms with E-state index in [0.29, 0.717) is 10.2 Å². The van der Waals surface area contributed by atoms with E-state index in [1.54, 1.807) is 0 Å². The highest BCUT2D eigenvalue weighted by Gasteiger charge is 2.08. The second-order valence-corrected chi connectivity index (χ2v) is 4.68. The molecular formula is C12H10BrF2N3O. The van der Waals surface area contributed by atoms with Crippen LogP contribution in [-0.2, 0) is 13.6 Å². The van der Waals surface area contributed by atoms with Crippen molar-refractivity contribution in [1.82, 2.24) is 9.78 Å². The molecule has 0 saturated heterocycles. The van der Waals surface area contributed by atoms with Crippen molar-refractivity contribution < 1.29 is 8.78 Å². The van der Waals surface area contributed by atoms with Crippen LogP contribution in [0.5, 0.6) is 0 Å². The molecule has 0 unspecified atom stereocenters. The van der Waals surface area contributed by atoms with E-state index in [1.807, 2.05) is 0 Å². The maximum absolute atomic E-state index is 13.4. The van der Waals surface area contributed by atoms with Gasteiger partial charge in [0.15, 0.2) is 0 Å². The normalized spacial score (nSPS) is 10.5. The summed E-state index contributed by atoms with van der Waals surface area (Å²) >= 11 is 3.13. The molecule has 2 rings (SSSR count). The Balaban J connectivity index is 2.22. The van der Waals surface area contributed by atoms with Crippen LogP contribution in [0.4, 0.5) is 14.5 Å². The van der Waals surface area contributed by atoms with Crippen molar-refractivity contribution in [3.63, 3.8) is 0 Å². The second-order valence-electron chi connectivity index (χ2n) is 3.89. The maximum Gasteiger partial charge on any atom is 0.282 e. The molecule has 0 bridgehead atoms. The minimum absolute atomic E-state index is 0.0526. The average Bonchev–Trinajstić information content (AvgIpc) is 2.39. The Kier molecular flexibility index (Phi) is 3.94. The summed E-state index contributed by atoms with van der Waals surface area (Å²) in [6.07, 6.45) is 1.43. The predicted molar refractivity (Wildman–Crippen MR) is 70.9 cm³/mol. The summed E-state index contributed by atoms with van der Waals surface area (Å²) < 4.78 is 27.9. The first kappa shape index (κ1) is 13.7. The molecule has 0 saturated carbocycles. The van der Waals surface area contributed by atoms with Gasteiger partial charge in [-0.05, 0) is 34.1 Å². The van der Waals surface area contributed by atoms with Crippen LogP contribution in [0.25, 0.3) is 0 Å². The number of benzene rings is 1. The Morgan fingerprint density at radius 1 is 1.42 bits per heavy atom. The first-order valence-electron chi connectivity index (χ1n) is 5.38. The van der Waals surface area contributed by atoms with Crippen molar-refractivity contribution >= 4 is 21.6 Å². The van der Waals surface area contributed by atoms with Gasteiger partial charge in [-0.15, -0.1) is 0 Å². The lowest BCUT2D eigenvalue weighted by Gasteiger charge is -2.09. The summed E-state index contributed by atoms with van der Waals surface area (Å²) in [4.78, 5) is 11.6. The van der Waals surface area contributed by atoms with Gasteiger partial charge in [0.05, 0.1) is 11.9 Å². The highest BCUT2D eigenvalue weighted by atomic mass is 79.9. The lowest BCUT2D eigenvalue weighted by molar-refractivity contribution is 0.587. The van der Waals surface area contributed by atoms with Gasteiger partial charge in [0.1, 0.15) is 16.1 Å². The van der Waals surface area contributed by atoms with Gasteiger partial charge in [-0.2, -0.15) is 5.10 Å². The highest BCUT2D eigenvalue weighted by molar-refractivity contribution is 9.10. The Morgan fingerprint density at radius 3 is 2.89 bits per heavy atom. The van der Waals surface area contributed by atoms with Crippen molar-refractivity contribution in [3.05, 3.63) is 56.4 Å². The molecule has 19 heavy (non-hydrogen) atoms. The van der Waals surface area contributed by atoms with Crippen LogP contribution in [-0.4, -0.2) is 9.78 Å². The zero-order valence-corrected chi connectivity index (χ0v) is 11.5. The van der Waals surface area contributed by atoms with Gasteiger partial charge in [0, 0.05) is 19.2 Å². The lowest BCUT2D eigenvalue weighted by Crippen LogP contribution is -2.21. The fourth-order valence-corrected chi connectivity index (χ4v) is 2.00. The number of aromatic nitrogens is 2. The molecule has 0 atom stereocenters. The number of halogens is 3. The minimum atomic E-state index is -0.514. The topological polar surface area (TPSA) is 46.9 Å². The molecule has 4 nitrogen and oxygen atoms in total. The Hall–Kier alpha value is -1.76. The number of nitrogens with one attached hydrogen (secondary N) is 1. The van der Waals surface area contributed by atoms with Crippen LogP contribution >= 0.6 is 15.9 Å². The summed E-state index contributed by atoms with van der Waals surface area (Å²) in [5, 5.41) is 6.67. The molecule has 100 valence electrons. The number of aryl methyl sites for hydroxylation is 1. The van der Waals surface area contributed by atoms with Crippen LogP contribution in [0, 0.1) is 11.6 Å². The van der Waals surface area contributed by atoms with Gasteiger partial charge < -0.3 is 5.32 Å². The van der Waals surface area contributed by atoms with Crippen LogP contribution < -0.4 is 10.9 Å². The third kappa shape index (κ3) is 2.98. The van der Waals surface area contributed by atoms with Crippen LogP contribution in [0.2, 0.25) is 0 Å². The molecule has 1 aromatic carbocycles. The molecule has 0 amide bonds. The summed E-state index contributed by atoms with van der Waals surface area (Å²) in [7, 11) is 1.52. The standard InChI is InChI=1S/C12H10BrF2N3O/c1-18-12(19)11(13)10(6-17-18)16-5-7-4-8(14)2-3-9(7)15/h2-4,6,16H,5H2,1H3. The zero-order chi connectivity index (χ0) is 14.0. The van der Waals surface area contributed by atoms with Crippen molar-refractivity contribution in [1.29, 1.82) is 0 Å². The first-order valence-corrected chi connectivity index (χ1v) is 6.18. The van der Waals surface area contributed by atoms with Crippen molar-refractivity contribution in [2.75, 3.05) is 5.32 Å². The molecule has 0 aliphatic rings. The van der Waals surface area contributed by atoms with Gasteiger partial charge >= 0.3 is 0 Å². The third-order valence-electron chi connectivity index (χ3n) is 2.56. The number of nitrogens with zero attached hydrogens (tertiary/aromatic N) is 2. The number of anilines is 1. The van der Waals surface area contributed by atoms with Crippen molar-refractivity contribution in [3.8, 4) is 0 Å². The molecular weight excluding hydrogens is 320 g/mol. The van der Waals surface area contributed by atoms with Crippen molar-refractivity contribution in [2.45, 2.75) is 6.54 Å². The Labute approximate surface area is 116 Å². The largest absolute Gasteiger partial charge is 0.378 e. The SMILES string of the molecule is Cn1ncc(NCc2cc(F)ccc2F)c(Br)c1=O. The molecule has 1 aromatic heterocycles. The fraction of sp³-hybridized carbons (Fsp3) is 0.167. The molecule has 0 radical (unpaired) electrons. The van der Waals surface area contributed by atoms with E-state index < -0.39 is 11.6 Å². The molecule has 2 aromatic rings. The summed E-state index contributed by atoms with van der Waals surface area (Å²) in [6.45, 7) is 0.0526. The van der Waals surface area contributed by atoms with Crippen LogP contribution in [0.1, 0.15) is 5.56 Å². The molecule has 0 spiro atoms. The minimum Gasteiger partial charge on any atom is -0.378 e. The van der Waals surface area contributed by atoms with Crippen LogP contribution in [0.15, 0.2) is 33.7 Å². The molecule has 1 heterocycles. The molecule has 7 heteroatoms. The second kappa shape index (κ2) is 5.48. The first-order chi connectivity index (χ1) is 8.99. The summed E-state index contributed by atoms with van der Waals surface area (Å²) in [5.41, 5.74) is 0.282. The highest BCUT2D eigenvalue weighted by Crippen LogP contribution is 2.18. The molecule has 0 aliphatic heterocycles. The average molecular weight is 330 g/mol. The van der Waals surface area contributed by atoms with Gasteiger partial charge in [-0.1, -0.05) is 0 Å². The summed E-state index contributed by atoms with van der Waals surface area (Å²) in [6, 6.07) is 3.21. The van der Waals surface area contributed by atoms with Crippen LogP contribution in [0.3, 0.4) is 0 Å². The zero-order valence-electron chi connectivity index (χ0n) is 9.95. The fourth-order valence-electron chi connectivity index (χ4n) is 1.50. The third-order valence-corrected chi connectivity index (χ3v) is 3.32. The Bertz CT molecular complexity index is 673. The van der Waals surface area contributed by atoms with E-state index >= 15 is 0 Å². The monoisotopic (exact) mass is 329 g/mol. The Morgan fingerprint density at radius 2 is 2.16 bits per heavy atom. The van der Waals surface area contributed by atoms with E-state index in [-0.39, 0.29) is 17.7 Å². The van der Waals surface area contributed by atoms with E-state index in [2.05, 4.69) is 26.3 Å². The lowest BCUT2D eigenvalue weighted by atomic mass is 10.2. The molecule has 1 N–H and O–H groups in total. The smallest absolute Gasteiger partial charge is 0.282 e. The number of hydrogen-bond acceptors (Lipinski definition) is 3. The number of rotatable bonds is 3. The van der Waals surface area contributed by atoms with E-state index in [4.69, 9.17) is 0 Å². The quantitative estimate of drug-likeness (QED) is 0.940. The predicted octanol–water partition coefficient (Wildman–Crippen LogP) is 2.43. The number of hydrogen-bond donors (Lipinski definition) is 1. The van der Waals surface area contributed by atoms with E-state index in [0.717, 1.165) is 22.9 Å². The van der Waals surface area contributed by atoms with Gasteiger partial charge in [0.25, 0.3) is 5.56 Å². The molecule has 0 aliphatic carbocycles. The van der Waals surface area contributed by atoms with E-state index in [1.165, 1.54) is 13.2 Å².